The Balaban J connectivity index is 2.88. The number of piperidine rings is 1. The minimum absolute atomic E-state index is 0.0108. The van der Waals surface area contributed by atoms with E-state index < -0.39 is 0 Å². The fourth-order valence-electron chi connectivity index (χ4n) is 3.39. The van der Waals surface area contributed by atoms with Crippen molar-refractivity contribution in [1.29, 1.82) is 5.41 Å². The Morgan fingerprint density at radius 2 is 1.79 bits per heavy atom. The summed E-state index contributed by atoms with van der Waals surface area (Å²) in [6.45, 7) is 13.2. The molecule has 0 spiro atoms. The number of amides is 1. The van der Waals surface area contributed by atoms with Crippen molar-refractivity contribution in [3.8, 4) is 0 Å². The third-order valence-corrected chi connectivity index (χ3v) is 5.20. The molecule has 1 rings (SSSR count). The Kier molecular flexibility index (Phi) is 6.93. The van der Waals surface area contributed by atoms with Gasteiger partial charge < -0.3 is 15.2 Å². The highest BCUT2D eigenvalue weighted by molar-refractivity contribution is 5.99. The maximum absolute atomic E-state index is 12.6. The van der Waals surface area contributed by atoms with Gasteiger partial charge in [-0.05, 0) is 53.8 Å². The summed E-state index contributed by atoms with van der Waals surface area (Å²) in [5.74, 6) is -0.0759. The van der Waals surface area contributed by atoms with E-state index in [4.69, 9.17) is 5.41 Å². The summed E-state index contributed by atoms with van der Waals surface area (Å²) in [6.07, 6.45) is 6.22. The lowest BCUT2D eigenvalue weighted by molar-refractivity contribution is -0.128. The molecule has 1 saturated heterocycles. The lowest BCUT2D eigenvalue weighted by Crippen LogP contribution is -2.60. The van der Waals surface area contributed by atoms with E-state index >= 15 is 0 Å². The second kappa shape index (κ2) is 8.08. The lowest BCUT2D eigenvalue weighted by atomic mass is 9.84. The maximum Gasteiger partial charge on any atom is 0.253 e. The highest BCUT2D eigenvalue weighted by atomic mass is 16.2. The Hall–Kier alpha value is -1.46. The van der Waals surface area contributed by atoms with Gasteiger partial charge in [-0.25, -0.2) is 0 Å². The Morgan fingerprint density at radius 3 is 2.17 bits per heavy atom. The van der Waals surface area contributed by atoms with Crippen molar-refractivity contribution in [3.05, 3.63) is 24.3 Å². The van der Waals surface area contributed by atoms with E-state index in [1.54, 1.807) is 4.90 Å². The molecule has 136 valence electrons. The van der Waals surface area contributed by atoms with Crippen molar-refractivity contribution in [1.82, 2.24) is 14.7 Å². The van der Waals surface area contributed by atoms with Crippen LogP contribution in [-0.2, 0) is 4.79 Å². The molecule has 0 radical (unpaired) electrons. The van der Waals surface area contributed by atoms with Crippen LogP contribution in [0.25, 0.3) is 0 Å². The van der Waals surface area contributed by atoms with E-state index in [1.807, 2.05) is 7.05 Å². The van der Waals surface area contributed by atoms with Gasteiger partial charge >= 0.3 is 0 Å². The monoisotopic (exact) mass is 334 g/mol. The molecule has 1 N–H and O–H groups in total. The molecule has 0 aromatic heterocycles. The molecule has 1 heterocycles. The molecule has 24 heavy (non-hydrogen) atoms. The van der Waals surface area contributed by atoms with E-state index in [1.165, 1.54) is 12.2 Å². The molecule has 0 saturated carbocycles. The van der Waals surface area contributed by atoms with Crippen LogP contribution in [0, 0.1) is 5.41 Å². The number of allylic oxidation sites excluding steroid dienone is 1. The van der Waals surface area contributed by atoms with Gasteiger partial charge in [-0.3, -0.25) is 9.69 Å². The first-order valence-corrected chi connectivity index (χ1v) is 8.58. The number of likely N-dealkylation sites (N-methyl/N-ethyl adjacent to an activating group) is 2. The average molecular weight is 335 g/mol. The summed E-state index contributed by atoms with van der Waals surface area (Å²) in [4.78, 5) is 19.1. The van der Waals surface area contributed by atoms with Gasteiger partial charge in [0.05, 0.1) is 0 Å². The van der Waals surface area contributed by atoms with E-state index in [9.17, 15) is 4.79 Å². The first-order valence-electron chi connectivity index (χ1n) is 8.58. The number of likely N-dealkylation sites (tertiary alicyclic amines) is 1. The molecule has 0 unspecified atom stereocenters. The minimum Gasteiger partial charge on any atom is -0.340 e. The summed E-state index contributed by atoms with van der Waals surface area (Å²) in [5, 5.41) is 7.18. The van der Waals surface area contributed by atoms with E-state index in [-0.39, 0.29) is 17.0 Å². The Morgan fingerprint density at radius 1 is 1.25 bits per heavy atom. The summed E-state index contributed by atoms with van der Waals surface area (Å²) in [6, 6.07) is 0. The zero-order valence-corrected chi connectivity index (χ0v) is 16.2. The van der Waals surface area contributed by atoms with Gasteiger partial charge in [0.2, 0.25) is 0 Å². The molecular formula is C19H34N4O. The Bertz CT molecular complexity index is 494. The van der Waals surface area contributed by atoms with E-state index in [0.717, 1.165) is 32.1 Å². The predicted octanol–water partition coefficient (Wildman–Crippen LogP) is 2.40. The molecule has 1 aliphatic rings. The number of nitrogens with one attached hydrogen (secondary N) is 1. The fourth-order valence-corrected chi connectivity index (χ4v) is 3.39. The summed E-state index contributed by atoms with van der Waals surface area (Å²) >= 11 is 0. The third-order valence-electron chi connectivity index (χ3n) is 5.20. The molecule has 0 aromatic carbocycles. The van der Waals surface area contributed by atoms with Crippen molar-refractivity contribution in [3.63, 3.8) is 0 Å². The predicted molar refractivity (Wildman–Crippen MR) is 102 cm³/mol. The zero-order valence-electron chi connectivity index (χ0n) is 16.2. The first kappa shape index (κ1) is 20.6. The average Bonchev–Trinajstić information content (AvgIpc) is 2.51. The zero-order chi connectivity index (χ0) is 18.5. The second-order valence-corrected chi connectivity index (χ2v) is 7.93. The summed E-state index contributed by atoms with van der Waals surface area (Å²) < 4.78 is 0. The van der Waals surface area contributed by atoms with Crippen LogP contribution in [0.3, 0.4) is 0 Å². The molecule has 0 aromatic rings. The fraction of sp³-hybridized carbons (Fsp3) is 0.684. The van der Waals surface area contributed by atoms with Gasteiger partial charge in [0, 0.05) is 49.5 Å². The summed E-state index contributed by atoms with van der Waals surface area (Å²) in [5.41, 5.74) is 0.639. The molecule has 1 fully saturated rings. The third kappa shape index (κ3) is 4.77. The van der Waals surface area contributed by atoms with Crippen LogP contribution >= 0.6 is 0 Å². The van der Waals surface area contributed by atoms with Gasteiger partial charge in [-0.1, -0.05) is 12.7 Å². The molecule has 5 heteroatoms. The smallest absolute Gasteiger partial charge is 0.253 e. The van der Waals surface area contributed by atoms with Crippen LogP contribution in [0.1, 0.15) is 33.6 Å². The van der Waals surface area contributed by atoms with Crippen LogP contribution in [0.4, 0.5) is 0 Å². The van der Waals surface area contributed by atoms with E-state index in [2.05, 4.69) is 51.2 Å². The van der Waals surface area contributed by atoms with Crippen molar-refractivity contribution in [2.24, 2.45) is 0 Å². The first-order chi connectivity index (χ1) is 11.1. The van der Waals surface area contributed by atoms with Crippen molar-refractivity contribution in [2.45, 2.75) is 44.7 Å². The number of rotatable bonds is 6. The van der Waals surface area contributed by atoms with Gasteiger partial charge in [0.15, 0.2) is 0 Å². The highest BCUT2D eigenvalue weighted by Crippen LogP contribution is 2.31. The van der Waals surface area contributed by atoms with Crippen LogP contribution in [0.15, 0.2) is 24.3 Å². The van der Waals surface area contributed by atoms with Crippen molar-refractivity contribution >= 4 is 12.1 Å². The standard InChI is InChI=1S/C19H34N4O/c1-8-16(9-12-20)17(24)22(7)15-19(21(5)6)10-13-23(14-11-19)18(2,3)4/h8-9,12,20H,1,10-11,13-15H2,2-7H3. The van der Waals surface area contributed by atoms with Gasteiger partial charge in [0.1, 0.15) is 0 Å². The number of carbonyl (C=O) groups is 1. The topological polar surface area (TPSA) is 50.6 Å². The van der Waals surface area contributed by atoms with Crippen LogP contribution in [-0.4, -0.2) is 78.7 Å². The maximum atomic E-state index is 12.6. The van der Waals surface area contributed by atoms with Crippen molar-refractivity contribution < 1.29 is 4.79 Å². The quantitative estimate of drug-likeness (QED) is 0.461. The molecule has 0 bridgehead atoms. The molecule has 5 nitrogen and oxygen atoms in total. The second-order valence-electron chi connectivity index (χ2n) is 7.93. The molecule has 0 atom stereocenters. The summed E-state index contributed by atoms with van der Waals surface area (Å²) in [7, 11) is 6.05. The number of hydrogen-bond donors (Lipinski definition) is 1. The lowest BCUT2D eigenvalue weighted by Gasteiger charge is -2.50. The van der Waals surface area contributed by atoms with Crippen LogP contribution < -0.4 is 0 Å². The van der Waals surface area contributed by atoms with Crippen LogP contribution in [0.5, 0.6) is 0 Å². The number of nitrogens with zero attached hydrogens (tertiary/aromatic N) is 3. The number of carbonyl (C=O) groups excluding carboxylic acids is 1. The molecule has 0 aliphatic carbocycles. The molecule has 1 aliphatic heterocycles. The molecule has 1 amide bonds. The van der Waals surface area contributed by atoms with Crippen molar-refractivity contribution in [2.75, 3.05) is 40.8 Å². The molecular weight excluding hydrogens is 300 g/mol. The van der Waals surface area contributed by atoms with Crippen LogP contribution in [0.2, 0.25) is 0 Å². The highest BCUT2D eigenvalue weighted by Gasteiger charge is 2.40. The SMILES string of the molecule is C=CC(=CC=N)C(=O)N(C)CC1(N(C)C)CCN(C(C)(C)C)CC1. The largest absolute Gasteiger partial charge is 0.340 e. The van der Waals surface area contributed by atoms with Gasteiger partial charge in [-0.2, -0.15) is 0 Å². The van der Waals surface area contributed by atoms with E-state index in [0.29, 0.717) is 12.1 Å². The minimum atomic E-state index is -0.0759. The van der Waals surface area contributed by atoms with Gasteiger partial charge in [-0.15, -0.1) is 0 Å². The van der Waals surface area contributed by atoms with Gasteiger partial charge in [0.25, 0.3) is 5.91 Å². The number of hydrogen-bond acceptors (Lipinski definition) is 4. The normalized spacial score (nSPS) is 19.2. The Labute approximate surface area is 147 Å².